The van der Waals surface area contributed by atoms with Crippen molar-refractivity contribution in [2.24, 2.45) is 0 Å². The van der Waals surface area contributed by atoms with E-state index in [1.165, 1.54) is 6.92 Å². The lowest BCUT2D eigenvalue weighted by atomic mass is 10.2. The van der Waals surface area contributed by atoms with Gasteiger partial charge >= 0.3 is 0 Å². The molecule has 4 nitrogen and oxygen atoms in total. The van der Waals surface area contributed by atoms with Gasteiger partial charge in [0.2, 0.25) is 11.6 Å². The highest BCUT2D eigenvalue weighted by atomic mass is 19.2. The van der Waals surface area contributed by atoms with Crippen molar-refractivity contribution in [3.8, 4) is 11.4 Å². The third-order valence-electron chi connectivity index (χ3n) is 4.04. The summed E-state index contributed by atoms with van der Waals surface area (Å²) in [5.74, 6) is -8.57. The number of nitrogens with zero attached hydrogens (tertiary/aromatic N) is 1. The first-order valence-corrected chi connectivity index (χ1v) is 8.36. The smallest absolute Gasteiger partial charge is 0.261 e. The third-order valence-corrected chi connectivity index (χ3v) is 4.04. The van der Waals surface area contributed by atoms with Gasteiger partial charge in [0.15, 0.2) is 23.5 Å². The summed E-state index contributed by atoms with van der Waals surface area (Å²) in [6, 6.07) is 11.2. The second-order valence-electron chi connectivity index (χ2n) is 6.03. The molecule has 0 saturated heterocycles. The first-order valence-electron chi connectivity index (χ1n) is 8.36. The molecule has 0 bridgehead atoms. The number of amides is 1. The fraction of sp³-hybridized carbons (Fsp3) is 0.150. The molecule has 0 fully saturated rings. The minimum Gasteiger partial charge on any atom is -0.475 e. The molecule has 1 aromatic heterocycles. The largest absolute Gasteiger partial charge is 0.475 e. The molecule has 1 atom stereocenters. The minimum atomic E-state index is -1.70. The first-order chi connectivity index (χ1) is 13.4. The highest BCUT2D eigenvalue weighted by Crippen LogP contribution is 2.27. The Bertz CT molecular complexity index is 947. The Kier molecular flexibility index (Phi) is 5.67. The van der Waals surface area contributed by atoms with Crippen LogP contribution in [-0.4, -0.2) is 16.6 Å². The van der Waals surface area contributed by atoms with Crippen LogP contribution in [0.2, 0.25) is 0 Å². The monoisotopic (exact) mass is 392 g/mol. The molecule has 3 aromatic rings. The fourth-order valence-electron chi connectivity index (χ4n) is 2.51. The zero-order valence-electron chi connectivity index (χ0n) is 14.8. The molecular weight excluding hydrogens is 376 g/mol. The van der Waals surface area contributed by atoms with Gasteiger partial charge < -0.3 is 14.6 Å². The summed E-state index contributed by atoms with van der Waals surface area (Å²) in [4.78, 5) is 12.1. The summed E-state index contributed by atoms with van der Waals surface area (Å²) >= 11 is 0. The molecule has 2 aromatic carbocycles. The maximum atomic E-state index is 13.6. The van der Waals surface area contributed by atoms with Gasteiger partial charge in [-0.15, -0.1) is 0 Å². The number of aromatic nitrogens is 1. The number of benzene rings is 2. The van der Waals surface area contributed by atoms with Crippen LogP contribution in [0.25, 0.3) is 5.69 Å². The molecule has 146 valence electrons. The van der Waals surface area contributed by atoms with Gasteiger partial charge in [-0.3, -0.25) is 4.79 Å². The summed E-state index contributed by atoms with van der Waals surface area (Å²) in [7, 11) is 0. The fourth-order valence-corrected chi connectivity index (χ4v) is 2.51. The molecule has 0 aliphatic rings. The van der Waals surface area contributed by atoms with E-state index in [0.717, 1.165) is 11.3 Å². The number of carbonyl (C=O) groups is 1. The Morgan fingerprint density at radius 2 is 1.61 bits per heavy atom. The van der Waals surface area contributed by atoms with Crippen molar-refractivity contribution in [3.05, 3.63) is 83.7 Å². The number of hydrogen-bond acceptors (Lipinski definition) is 2. The predicted molar refractivity (Wildman–Crippen MR) is 94.0 cm³/mol. The van der Waals surface area contributed by atoms with Gasteiger partial charge in [-0.1, -0.05) is 12.1 Å². The molecule has 1 amide bonds. The van der Waals surface area contributed by atoms with Crippen LogP contribution < -0.4 is 10.1 Å². The highest BCUT2D eigenvalue weighted by molar-refractivity contribution is 5.80. The van der Waals surface area contributed by atoms with E-state index in [9.17, 15) is 22.4 Å². The molecule has 1 heterocycles. The summed E-state index contributed by atoms with van der Waals surface area (Å²) in [6.45, 7) is 1.35. The summed E-state index contributed by atoms with van der Waals surface area (Å²) in [6.07, 6.45) is 2.41. The molecule has 0 unspecified atom stereocenters. The average Bonchev–Trinajstić information content (AvgIpc) is 3.23. The van der Waals surface area contributed by atoms with Gasteiger partial charge in [0.25, 0.3) is 5.91 Å². The molecule has 8 heteroatoms. The van der Waals surface area contributed by atoms with Crippen LogP contribution in [0.4, 0.5) is 17.6 Å². The number of hydrogen-bond donors (Lipinski definition) is 1. The molecule has 3 rings (SSSR count). The molecule has 0 spiro atoms. The van der Waals surface area contributed by atoms with Crippen LogP contribution in [-0.2, 0) is 11.3 Å². The average molecular weight is 392 g/mol. The van der Waals surface area contributed by atoms with E-state index in [0.29, 0.717) is 0 Å². The SMILES string of the molecule is C[C@H](Oc1c(F)c(F)cc(F)c1F)C(=O)NCc1ccc(-n2cccc2)cc1. The summed E-state index contributed by atoms with van der Waals surface area (Å²) < 4.78 is 60.4. The number of carbonyl (C=O) groups excluding carboxylic acids is 1. The Hall–Kier alpha value is -3.29. The number of ether oxygens (including phenoxy) is 1. The lowest BCUT2D eigenvalue weighted by Crippen LogP contribution is -2.36. The maximum absolute atomic E-state index is 13.6. The third kappa shape index (κ3) is 4.16. The zero-order valence-corrected chi connectivity index (χ0v) is 14.8. The maximum Gasteiger partial charge on any atom is 0.261 e. The molecule has 0 radical (unpaired) electrons. The number of nitrogens with one attached hydrogen (secondary N) is 1. The van der Waals surface area contributed by atoms with Crippen molar-refractivity contribution in [1.29, 1.82) is 0 Å². The Balaban J connectivity index is 1.61. The van der Waals surface area contributed by atoms with Crippen molar-refractivity contribution in [2.75, 3.05) is 0 Å². The normalized spacial score (nSPS) is 11.9. The molecule has 28 heavy (non-hydrogen) atoms. The Morgan fingerprint density at radius 1 is 1.04 bits per heavy atom. The van der Waals surface area contributed by atoms with Crippen molar-refractivity contribution in [3.63, 3.8) is 0 Å². The van der Waals surface area contributed by atoms with Crippen LogP contribution in [0.1, 0.15) is 12.5 Å². The molecule has 1 N–H and O–H groups in total. The van der Waals surface area contributed by atoms with Crippen LogP contribution in [0.15, 0.2) is 54.9 Å². The van der Waals surface area contributed by atoms with Crippen LogP contribution >= 0.6 is 0 Å². The van der Waals surface area contributed by atoms with Gasteiger partial charge in [-0.2, -0.15) is 8.78 Å². The number of rotatable bonds is 6. The van der Waals surface area contributed by atoms with E-state index in [1.54, 1.807) is 0 Å². The van der Waals surface area contributed by atoms with Crippen molar-refractivity contribution in [1.82, 2.24) is 9.88 Å². The second kappa shape index (κ2) is 8.16. The lowest BCUT2D eigenvalue weighted by molar-refractivity contribution is -0.127. The minimum absolute atomic E-state index is 0.0691. The topological polar surface area (TPSA) is 43.3 Å². The van der Waals surface area contributed by atoms with Crippen molar-refractivity contribution >= 4 is 5.91 Å². The van der Waals surface area contributed by atoms with Gasteiger partial charge in [-0.25, -0.2) is 8.78 Å². The van der Waals surface area contributed by atoms with E-state index in [-0.39, 0.29) is 12.6 Å². The molecule has 0 saturated carbocycles. The van der Waals surface area contributed by atoms with Gasteiger partial charge in [-0.05, 0) is 36.8 Å². The Morgan fingerprint density at radius 3 is 2.18 bits per heavy atom. The van der Waals surface area contributed by atoms with Gasteiger partial charge in [0, 0.05) is 30.7 Å². The van der Waals surface area contributed by atoms with E-state index in [4.69, 9.17) is 4.74 Å². The van der Waals surface area contributed by atoms with E-state index < -0.39 is 41.0 Å². The lowest BCUT2D eigenvalue weighted by Gasteiger charge is -2.16. The van der Waals surface area contributed by atoms with E-state index in [2.05, 4.69) is 5.32 Å². The number of halogens is 4. The van der Waals surface area contributed by atoms with Gasteiger partial charge in [0.1, 0.15) is 0 Å². The van der Waals surface area contributed by atoms with E-state index >= 15 is 0 Å². The van der Waals surface area contributed by atoms with E-state index in [1.807, 2.05) is 53.4 Å². The first kappa shape index (κ1) is 19.5. The molecule has 0 aliphatic heterocycles. The quantitative estimate of drug-likeness (QED) is 0.507. The molecule has 0 aliphatic carbocycles. The standard InChI is InChI=1S/C20H16F4N2O2/c1-12(28-19-17(23)15(21)10-16(22)18(19)24)20(27)25-11-13-4-6-14(7-5-13)26-8-2-3-9-26/h2-10,12H,11H2,1H3,(H,25,27)/t12-/m0/s1. The predicted octanol–water partition coefficient (Wildman–Crippen LogP) is 4.12. The van der Waals surface area contributed by atoms with Crippen LogP contribution in [0, 0.1) is 23.3 Å². The van der Waals surface area contributed by atoms with Crippen LogP contribution in [0.5, 0.6) is 5.75 Å². The second-order valence-corrected chi connectivity index (χ2v) is 6.03. The summed E-state index contributed by atoms with van der Waals surface area (Å²) in [5, 5.41) is 2.54. The molecular formula is C20H16F4N2O2. The van der Waals surface area contributed by atoms with Gasteiger partial charge in [0.05, 0.1) is 0 Å². The zero-order chi connectivity index (χ0) is 20.3. The van der Waals surface area contributed by atoms with Crippen molar-refractivity contribution < 1.29 is 27.1 Å². The van der Waals surface area contributed by atoms with Crippen LogP contribution in [0.3, 0.4) is 0 Å². The van der Waals surface area contributed by atoms with Crippen molar-refractivity contribution in [2.45, 2.75) is 19.6 Å². The summed E-state index contributed by atoms with van der Waals surface area (Å²) in [5.41, 5.74) is 1.72. The Labute approximate surface area is 158 Å². The highest BCUT2D eigenvalue weighted by Gasteiger charge is 2.24.